The number of amides is 2. The Bertz CT molecular complexity index is 900. The highest BCUT2D eigenvalue weighted by molar-refractivity contribution is 6.21. The molecule has 0 bridgehead atoms. The van der Waals surface area contributed by atoms with Crippen LogP contribution in [0.2, 0.25) is 0 Å². The molecule has 136 valence electrons. The van der Waals surface area contributed by atoms with Crippen molar-refractivity contribution in [2.75, 3.05) is 13.1 Å². The van der Waals surface area contributed by atoms with Gasteiger partial charge in [-0.3, -0.25) is 19.4 Å². The zero-order chi connectivity index (χ0) is 18.6. The molecule has 0 spiro atoms. The Kier molecular flexibility index (Phi) is 4.85. The summed E-state index contributed by atoms with van der Waals surface area (Å²) in [4.78, 5) is 28.6. The predicted molar refractivity (Wildman–Crippen MR) is 101 cm³/mol. The first-order valence-electron chi connectivity index (χ1n) is 8.96. The van der Waals surface area contributed by atoms with Gasteiger partial charge in [-0.05, 0) is 29.8 Å². The fourth-order valence-electron chi connectivity index (χ4n) is 3.36. The van der Waals surface area contributed by atoms with Gasteiger partial charge in [0, 0.05) is 19.6 Å². The number of rotatable bonds is 7. The second kappa shape index (κ2) is 7.60. The summed E-state index contributed by atoms with van der Waals surface area (Å²) in [5, 5.41) is 0. The number of furan rings is 1. The molecule has 0 aliphatic carbocycles. The smallest absolute Gasteiger partial charge is 0.261 e. The molecule has 1 aromatic heterocycles. The molecule has 0 atom stereocenters. The van der Waals surface area contributed by atoms with Gasteiger partial charge in [0.25, 0.3) is 11.8 Å². The molecule has 4 rings (SSSR count). The van der Waals surface area contributed by atoms with Crippen LogP contribution in [-0.4, -0.2) is 34.7 Å². The minimum Gasteiger partial charge on any atom is -0.468 e. The first kappa shape index (κ1) is 17.2. The Morgan fingerprint density at radius 3 is 2.07 bits per heavy atom. The summed E-state index contributed by atoms with van der Waals surface area (Å²) >= 11 is 0. The minimum atomic E-state index is -0.215. The molecular formula is C22H20N2O3. The third-order valence-corrected chi connectivity index (χ3v) is 4.73. The Balaban J connectivity index is 1.47. The van der Waals surface area contributed by atoms with E-state index in [1.54, 1.807) is 30.5 Å². The van der Waals surface area contributed by atoms with E-state index in [-0.39, 0.29) is 11.8 Å². The van der Waals surface area contributed by atoms with Crippen LogP contribution >= 0.6 is 0 Å². The van der Waals surface area contributed by atoms with Crippen molar-refractivity contribution in [3.63, 3.8) is 0 Å². The summed E-state index contributed by atoms with van der Waals surface area (Å²) in [6.45, 7) is 2.25. The number of hydrogen-bond acceptors (Lipinski definition) is 4. The van der Waals surface area contributed by atoms with Gasteiger partial charge in [-0.1, -0.05) is 42.5 Å². The molecule has 27 heavy (non-hydrogen) atoms. The number of nitrogens with zero attached hydrogens (tertiary/aromatic N) is 2. The van der Waals surface area contributed by atoms with Gasteiger partial charge in [0.05, 0.1) is 23.9 Å². The average molecular weight is 360 g/mol. The molecule has 0 saturated heterocycles. The van der Waals surface area contributed by atoms with Crippen LogP contribution in [-0.2, 0) is 13.1 Å². The van der Waals surface area contributed by atoms with Crippen LogP contribution in [0.3, 0.4) is 0 Å². The van der Waals surface area contributed by atoms with Crippen molar-refractivity contribution in [3.8, 4) is 0 Å². The Labute approximate surface area is 157 Å². The maximum atomic E-state index is 12.6. The van der Waals surface area contributed by atoms with E-state index in [1.807, 2.05) is 30.3 Å². The molecule has 1 aliphatic rings. The molecule has 2 aromatic carbocycles. The van der Waals surface area contributed by atoms with E-state index in [4.69, 9.17) is 4.42 Å². The highest BCUT2D eigenvalue weighted by Crippen LogP contribution is 2.22. The lowest BCUT2D eigenvalue weighted by Crippen LogP contribution is -2.37. The molecule has 0 fully saturated rings. The molecule has 0 saturated carbocycles. The van der Waals surface area contributed by atoms with Crippen LogP contribution < -0.4 is 0 Å². The van der Waals surface area contributed by atoms with Crippen LogP contribution in [0.5, 0.6) is 0 Å². The van der Waals surface area contributed by atoms with Crippen LogP contribution in [0.1, 0.15) is 32.0 Å². The molecule has 0 unspecified atom stereocenters. The monoisotopic (exact) mass is 360 g/mol. The fraction of sp³-hybridized carbons (Fsp3) is 0.182. The molecular weight excluding hydrogens is 340 g/mol. The van der Waals surface area contributed by atoms with Gasteiger partial charge in [-0.2, -0.15) is 0 Å². The molecule has 0 radical (unpaired) electrons. The Morgan fingerprint density at radius 1 is 0.778 bits per heavy atom. The highest BCUT2D eigenvalue weighted by Gasteiger charge is 2.34. The normalized spacial score (nSPS) is 13.4. The van der Waals surface area contributed by atoms with Crippen molar-refractivity contribution in [3.05, 3.63) is 95.4 Å². The molecule has 2 heterocycles. The maximum Gasteiger partial charge on any atom is 0.261 e. The van der Waals surface area contributed by atoms with Gasteiger partial charge in [0.1, 0.15) is 5.76 Å². The van der Waals surface area contributed by atoms with E-state index >= 15 is 0 Å². The minimum absolute atomic E-state index is 0.215. The molecule has 3 aromatic rings. The zero-order valence-electron chi connectivity index (χ0n) is 14.9. The van der Waals surface area contributed by atoms with Crippen molar-refractivity contribution in [2.45, 2.75) is 13.1 Å². The summed E-state index contributed by atoms with van der Waals surface area (Å²) in [7, 11) is 0. The van der Waals surface area contributed by atoms with Crippen LogP contribution in [0.15, 0.2) is 77.4 Å². The van der Waals surface area contributed by atoms with Crippen LogP contribution in [0.25, 0.3) is 0 Å². The highest BCUT2D eigenvalue weighted by atomic mass is 16.3. The fourth-order valence-corrected chi connectivity index (χ4v) is 3.36. The lowest BCUT2D eigenvalue weighted by atomic mass is 10.1. The number of imide groups is 1. The largest absolute Gasteiger partial charge is 0.468 e. The quantitative estimate of drug-likeness (QED) is 0.605. The molecule has 5 heteroatoms. The number of carbonyl (C=O) groups excluding carboxylic acids is 2. The first-order chi connectivity index (χ1) is 13.2. The molecule has 1 aliphatic heterocycles. The second-order valence-electron chi connectivity index (χ2n) is 6.58. The summed E-state index contributed by atoms with van der Waals surface area (Å²) in [6.07, 6.45) is 1.65. The van der Waals surface area contributed by atoms with Crippen molar-refractivity contribution in [1.29, 1.82) is 0 Å². The predicted octanol–water partition coefficient (Wildman–Crippen LogP) is 3.58. The zero-order valence-corrected chi connectivity index (χ0v) is 14.9. The standard InChI is InChI=1S/C22H20N2O3/c25-21-19-10-4-5-11-20(19)22(26)24(21)13-12-23(16-18-9-6-14-27-18)15-17-7-2-1-3-8-17/h1-11,14H,12-13,15-16H2. The van der Waals surface area contributed by atoms with Crippen LogP contribution in [0.4, 0.5) is 0 Å². The van der Waals surface area contributed by atoms with E-state index in [0.29, 0.717) is 37.3 Å². The maximum absolute atomic E-state index is 12.6. The van der Waals surface area contributed by atoms with E-state index in [2.05, 4.69) is 17.0 Å². The molecule has 5 nitrogen and oxygen atoms in total. The van der Waals surface area contributed by atoms with Crippen molar-refractivity contribution >= 4 is 11.8 Å². The van der Waals surface area contributed by atoms with Gasteiger partial charge in [0.2, 0.25) is 0 Å². The van der Waals surface area contributed by atoms with Gasteiger partial charge < -0.3 is 4.42 Å². The summed E-state index contributed by atoms with van der Waals surface area (Å²) < 4.78 is 5.48. The lowest BCUT2D eigenvalue weighted by Gasteiger charge is -2.24. The van der Waals surface area contributed by atoms with E-state index in [0.717, 1.165) is 5.76 Å². The Hall–Kier alpha value is -3.18. The number of carbonyl (C=O) groups is 2. The van der Waals surface area contributed by atoms with Gasteiger partial charge in [-0.25, -0.2) is 0 Å². The SMILES string of the molecule is O=C1c2ccccc2C(=O)N1CCN(Cc1ccccc1)Cc1ccco1. The van der Waals surface area contributed by atoms with Gasteiger partial charge in [-0.15, -0.1) is 0 Å². The molecule has 2 amide bonds. The summed E-state index contributed by atoms with van der Waals surface area (Å²) in [5.41, 5.74) is 2.15. The number of hydrogen-bond donors (Lipinski definition) is 0. The lowest BCUT2D eigenvalue weighted by molar-refractivity contribution is 0.0631. The first-order valence-corrected chi connectivity index (χ1v) is 8.96. The van der Waals surface area contributed by atoms with E-state index < -0.39 is 0 Å². The Morgan fingerprint density at radius 2 is 1.44 bits per heavy atom. The van der Waals surface area contributed by atoms with Crippen molar-refractivity contribution in [2.24, 2.45) is 0 Å². The summed E-state index contributed by atoms with van der Waals surface area (Å²) in [5.74, 6) is 0.426. The van der Waals surface area contributed by atoms with E-state index in [9.17, 15) is 9.59 Å². The van der Waals surface area contributed by atoms with Crippen LogP contribution in [0, 0.1) is 0 Å². The number of benzene rings is 2. The number of fused-ring (bicyclic) bond motifs is 1. The topological polar surface area (TPSA) is 53.8 Å². The third kappa shape index (κ3) is 3.68. The van der Waals surface area contributed by atoms with Gasteiger partial charge in [0.15, 0.2) is 0 Å². The average Bonchev–Trinajstić information content (AvgIpc) is 3.29. The third-order valence-electron chi connectivity index (χ3n) is 4.73. The van der Waals surface area contributed by atoms with E-state index in [1.165, 1.54) is 10.5 Å². The second-order valence-corrected chi connectivity index (χ2v) is 6.58. The van der Waals surface area contributed by atoms with Gasteiger partial charge >= 0.3 is 0 Å². The van der Waals surface area contributed by atoms with Crippen molar-refractivity contribution < 1.29 is 14.0 Å². The molecule has 0 N–H and O–H groups in total. The summed E-state index contributed by atoms with van der Waals surface area (Å²) in [6, 6.07) is 20.9. The van der Waals surface area contributed by atoms with Crippen molar-refractivity contribution in [1.82, 2.24) is 9.80 Å².